The highest BCUT2D eigenvalue weighted by molar-refractivity contribution is 5.86. The fourth-order valence-corrected chi connectivity index (χ4v) is 2.45. The van der Waals surface area contributed by atoms with Gasteiger partial charge in [0.15, 0.2) is 11.5 Å². The summed E-state index contributed by atoms with van der Waals surface area (Å²) in [5, 5.41) is 0. The number of benzene rings is 2. The molecule has 5 heteroatoms. The molecule has 0 spiro atoms. The zero-order chi connectivity index (χ0) is 16.1. The molecule has 2 rings (SSSR count). The summed E-state index contributed by atoms with van der Waals surface area (Å²) in [5.74, 6) is 2.41. The largest absolute Gasteiger partial charge is 0.492 e. The highest BCUT2D eigenvalue weighted by atomic mass is 16.6. The van der Waals surface area contributed by atoms with E-state index in [1.807, 2.05) is 30.3 Å². The summed E-state index contributed by atoms with van der Waals surface area (Å²) in [4.78, 5) is 0. The number of methoxy groups -OCH3 is 5. The van der Waals surface area contributed by atoms with Crippen LogP contribution in [0.2, 0.25) is 0 Å². The Bertz CT molecular complexity index is 604. The molecule has 0 fully saturated rings. The third-order valence-corrected chi connectivity index (χ3v) is 3.36. The van der Waals surface area contributed by atoms with Crippen molar-refractivity contribution in [1.82, 2.24) is 0 Å². The van der Waals surface area contributed by atoms with Gasteiger partial charge in [0.2, 0.25) is 17.2 Å². The predicted molar refractivity (Wildman–Crippen MR) is 84.6 cm³/mol. The van der Waals surface area contributed by atoms with Crippen LogP contribution in [0.3, 0.4) is 0 Å². The molecule has 0 aliphatic carbocycles. The van der Waals surface area contributed by atoms with E-state index in [2.05, 4.69) is 0 Å². The second kappa shape index (κ2) is 6.93. The molecule has 0 aromatic heterocycles. The maximum atomic E-state index is 5.57. The third kappa shape index (κ3) is 2.50. The van der Waals surface area contributed by atoms with Gasteiger partial charge < -0.3 is 23.7 Å². The molecule has 0 bridgehead atoms. The van der Waals surface area contributed by atoms with E-state index >= 15 is 0 Å². The van der Waals surface area contributed by atoms with E-state index in [1.165, 1.54) is 0 Å². The average Bonchev–Trinajstić information content (AvgIpc) is 2.59. The van der Waals surface area contributed by atoms with Crippen LogP contribution in [-0.2, 0) is 0 Å². The molecule has 0 heterocycles. The summed E-state index contributed by atoms with van der Waals surface area (Å²) in [5.41, 5.74) is 1.68. The van der Waals surface area contributed by atoms with Crippen LogP contribution in [0.25, 0.3) is 11.1 Å². The van der Waals surface area contributed by atoms with Gasteiger partial charge in [0.25, 0.3) is 0 Å². The lowest BCUT2D eigenvalue weighted by atomic mass is 10.0. The molecule has 0 aliphatic rings. The smallest absolute Gasteiger partial charge is 0.211 e. The minimum absolute atomic E-state index is 0.429. The Hall–Kier alpha value is -2.56. The van der Waals surface area contributed by atoms with Gasteiger partial charge in [0, 0.05) is 0 Å². The van der Waals surface area contributed by atoms with Gasteiger partial charge in [-0.2, -0.15) is 0 Å². The molecule has 0 saturated carbocycles. The Morgan fingerprint density at radius 2 is 0.864 bits per heavy atom. The van der Waals surface area contributed by atoms with Gasteiger partial charge >= 0.3 is 0 Å². The summed E-state index contributed by atoms with van der Waals surface area (Å²) in [6, 6.07) is 9.76. The van der Waals surface area contributed by atoms with Crippen molar-refractivity contribution >= 4 is 0 Å². The second-order valence-corrected chi connectivity index (χ2v) is 4.41. The molecule has 0 aliphatic heterocycles. The van der Waals surface area contributed by atoms with Crippen LogP contribution in [0.15, 0.2) is 30.3 Å². The fourth-order valence-electron chi connectivity index (χ4n) is 2.45. The van der Waals surface area contributed by atoms with Crippen molar-refractivity contribution in [2.45, 2.75) is 0 Å². The summed E-state index contributed by atoms with van der Waals surface area (Å²) >= 11 is 0. The Balaban J connectivity index is 2.91. The second-order valence-electron chi connectivity index (χ2n) is 4.41. The van der Waals surface area contributed by atoms with Crippen molar-refractivity contribution in [1.29, 1.82) is 0 Å². The standard InChI is InChI=1S/C17H20O5/c1-18-13-12(11-9-7-6-8-10-11)14(19-2)16(21-4)17(22-5)15(13)20-3/h6-10H,1-5H3. The third-order valence-electron chi connectivity index (χ3n) is 3.36. The van der Waals surface area contributed by atoms with Crippen molar-refractivity contribution < 1.29 is 23.7 Å². The predicted octanol–water partition coefficient (Wildman–Crippen LogP) is 3.40. The molecule has 5 nitrogen and oxygen atoms in total. The van der Waals surface area contributed by atoms with Crippen molar-refractivity contribution in [3.8, 4) is 39.9 Å². The van der Waals surface area contributed by atoms with E-state index in [0.717, 1.165) is 11.1 Å². The number of rotatable bonds is 6. The maximum absolute atomic E-state index is 5.57. The Labute approximate surface area is 130 Å². The van der Waals surface area contributed by atoms with Crippen molar-refractivity contribution in [3.05, 3.63) is 30.3 Å². The van der Waals surface area contributed by atoms with Crippen LogP contribution in [0.4, 0.5) is 0 Å². The first kappa shape index (κ1) is 15.8. The topological polar surface area (TPSA) is 46.2 Å². The van der Waals surface area contributed by atoms with E-state index in [0.29, 0.717) is 28.7 Å². The van der Waals surface area contributed by atoms with Gasteiger partial charge in [0.05, 0.1) is 41.1 Å². The summed E-state index contributed by atoms with van der Waals surface area (Å²) < 4.78 is 27.5. The van der Waals surface area contributed by atoms with Gasteiger partial charge in [-0.05, 0) is 5.56 Å². The van der Waals surface area contributed by atoms with E-state index in [-0.39, 0.29) is 0 Å². The molecule has 0 N–H and O–H groups in total. The van der Waals surface area contributed by atoms with E-state index in [4.69, 9.17) is 23.7 Å². The lowest BCUT2D eigenvalue weighted by molar-refractivity contribution is 0.292. The SMILES string of the molecule is COc1c(OC)c(OC)c(-c2ccccc2)c(OC)c1OC. The lowest BCUT2D eigenvalue weighted by Crippen LogP contribution is -2.03. The zero-order valence-corrected chi connectivity index (χ0v) is 13.4. The first-order valence-electron chi connectivity index (χ1n) is 6.72. The Morgan fingerprint density at radius 3 is 1.23 bits per heavy atom. The number of ether oxygens (including phenoxy) is 5. The molecule has 22 heavy (non-hydrogen) atoms. The lowest BCUT2D eigenvalue weighted by Gasteiger charge is -2.22. The molecule has 0 saturated heterocycles. The Morgan fingerprint density at radius 1 is 0.500 bits per heavy atom. The molecule has 0 atom stereocenters. The average molecular weight is 304 g/mol. The van der Waals surface area contributed by atoms with Crippen LogP contribution in [0.1, 0.15) is 0 Å². The fraction of sp³-hybridized carbons (Fsp3) is 0.294. The molecule has 0 radical (unpaired) electrons. The quantitative estimate of drug-likeness (QED) is 0.818. The van der Waals surface area contributed by atoms with Gasteiger partial charge in [-0.3, -0.25) is 0 Å². The van der Waals surface area contributed by atoms with Crippen molar-refractivity contribution in [2.24, 2.45) is 0 Å². The highest BCUT2D eigenvalue weighted by Crippen LogP contribution is 2.56. The molecule has 118 valence electrons. The number of hydrogen-bond donors (Lipinski definition) is 0. The van der Waals surface area contributed by atoms with E-state index in [9.17, 15) is 0 Å². The van der Waals surface area contributed by atoms with Gasteiger partial charge in [-0.15, -0.1) is 0 Å². The molecule has 0 amide bonds. The minimum atomic E-state index is 0.429. The molecule has 2 aromatic rings. The number of hydrogen-bond acceptors (Lipinski definition) is 5. The molecular weight excluding hydrogens is 284 g/mol. The summed E-state index contributed by atoms with van der Waals surface area (Å²) in [6.07, 6.45) is 0. The van der Waals surface area contributed by atoms with Crippen LogP contribution < -0.4 is 23.7 Å². The first-order chi connectivity index (χ1) is 10.7. The van der Waals surface area contributed by atoms with Gasteiger partial charge in [-0.25, -0.2) is 0 Å². The van der Waals surface area contributed by atoms with Crippen LogP contribution in [0.5, 0.6) is 28.7 Å². The molecular formula is C17H20O5. The van der Waals surface area contributed by atoms with Crippen LogP contribution in [-0.4, -0.2) is 35.5 Å². The first-order valence-corrected chi connectivity index (χ1v) is 6.72. The normalized spacial score (nSPS) is 10.0. The maximum Gasteiger partial charge on any atom is 0.211 e. The summed E-state index contributed by atoms with van der Waals surface area (Å²) in [6.45, 7) is 0. The Kier molecular flexibility index (Phi) is 4.99. The van der Waals surface area contributed by atoms with Crippen LogP contribution in [0, 0.1) is 0 Å². The molecule has 0 unspecified atom stereocenters. The molecule has 2 aromatic carbocycles. The zero-order valence-electron chi connectivity index (χ0n) is 13.4. The van der Waals surface area contributed by atoms with E-state index in [1.54, 1.807) is 35.5 Å². The monoisotopic (exact) mass is 304 g/mol. The summed E-state index contributed by atoms with van der Waals surface area (Å²) in [7, 11) is 7.81. The van der Waals surface area contributed by atoms with Crippen molar-refractivity contribution in [3.63, 3.8) is 0 Å². The van der Waals surface area contributed by atoms with Crippen molar-refractivity contribution in [2.75, 3.05) is 35.5 Å². The van der Waals surface area contributed by atoms with Crippen LogP contribution >= 0.6 is 0 Å². The van der Waals surface area contributed by atoms with E-state index < -0.39 is 0 Å². The van der Waals surface area contributed by atoms with Gasteiger partial charge in [-0.1, -0.05) is 30.3 Å². The van der Waals surface area contributed by atoms with Gasteiger partial charge in [0.1, 0.15) is 0 Å². The minimum Gasteiger partial charge on any atom is -0.492 e. The highest BCUT2D eigenvalue weighted by Gasteiger charge is 2.29.